The number of hydrogen-bond donors (Lipinski definition) is 1. The lowest BCUT2D eigenvalue weighted by molar-refractivity contribution is -0.137. The van der Waals surface area contributed by atoms with E-state index in [1.807, 2.05) is 0 Å². The molecule has 0 spiro atoms. The van der Waals surface area contributed by atoms with Gasteiger partial charge in [-0.3, -0.25) is 4.79 Å². The number of halogens is 4. The number of nitrogens with zero attached hydrogens (tertiary/aromatic N) is 6. The van der Waals surface area contributed by atoms with Crippen LogP contribution < -0.4 is 5.73 Å². The Kier molecular flexibility index (Phi) is 6.17. The molecular weight excluding hydrogens is 502 g/mol. The van der Waals surface area contributed by atoms with Crippen LogP contribution in [0.25, 0.3) is 16.6 Å². The van der Waals surface area contributed by atoms with E-state index in [4.69, 9.17) is 5.73 Å². The molecule has 8 nitrogen and oxygen atoms in total. The third kappa shape index (κ3) is 4.72. The fourth-order valence-corrected chi connectivity index (χ4v) is 4.15. The molecule has 0 aliphatic carbocycles. The number of fused-ring (bicyclic) bond motifs is 2. The second-order valence-electron chi connectivity index (χ2n) is 8.84. The first-order valence-electron chi connectivity index (χ1n) is 11.5. The number of nitrogens with two attached hydrogens (primary N) is 1. The van der Waals surface area contributed by atoms with Crippen molar-refractivity contribution < 1.29 is 22.4 Å². The highest BCUT2D eigenvalue weighted by Crippen LogP contribution is 2.30. The summed E-state index contributed by atoms with van der Waals surface area (Å²) < 4.78 is 55.9. The van der Waals surface area contributed by atoms with E-state index in [0.29, 0.717) is 28.0 Å². The number of alkyl halides is 3. The van der Waals surface area contributed by atoms with Crippen molar-refractivity contribution in [2.75, 3.05) is 5.73 Å². The zero-order chi connectivity index (χ0) is 27.2. The molecule has 12 heteroatoms. The smallest absolute Gasteiger partial charge is 0.383 e. The van der Waals surface area contributed by atoms with Gasteiger partial charge in [0.05, 0.1) is 34.9 Å². The summed E-state index contributed by atoms with van der Waals surface area (Å²) in [6.45, 7) is 3.29. The van der Waals surface area contributed by atoms with Gasteiger partial charge >= 0.3 is 6.18 Å². The van der Waals surface area contributed by atoms with E-state index in [9.17, 15) is 18.0 Å². The van der Waals surface area contributed by atoms with Crippen molar-refractivity contribution in [1.82, 2.24) is 29.2 Å². The molecule has 1 amide bonds. The average molecular weight is 523 g/mol. The number of hydrogen-bond acceptors (Lipinski definition) is 6. The topological polar surface area (TPSA) is 102 Å². The van der Waals surface area contributed by atoms with Gasteiger partial charge in [0.1, 0.15) is 23.1 Å². The molecule has 0 aliphatic rings. The van der Waals surface area contributed by atoms with E-state index < -0.39 is 29.5 Å². The van der Waals surface area contributed by atoms with Crippen molar-refractivity contribution >= 4 is 28.3 Å². The number of rotatable bonds is 5. The number of carbonyl (C=O) groups is 1. The van der Waals surface area contributed by atoms with Gasteiger partial charge in [-0.25, -0.2) is 24.3 Å². The van der Waals surface area contributed by atoms with E-state index in [2.05, 4.69) is 19.9 Å². The quantitative estimate of drug-likeness (QED) is 0.321. The maximum absolute atomic E-state index is 15.2. The van der Waals surface area contributed by atoms with Crippen molar-refractivity contribution in [3.63, 3.8) is 0 Å². The zero-order valence-electron chi connectivity index (χ0n) is 20.2. The normalized spacial score (nSPS) is 12.7. The van der Waals surface area contributed by atoms with Crippen molar-refractivity contribution in [3.05, 3.63) is 95.2 Å². The Bertz CT molecular complexity index is 1670. The third-order valence-corrected chi connectivity index (χ3v) is 6.21. The van der Waals surface area contributed by atoms with Crippen LogP contribution in [-0.4, -0.2) is 35.1 Å². The van der Waals surface area contributed by atoms with Crippen molar-refractivity contribution in [1.29, 1.82) is 0 Å². The molecule has 194 valence electrons. The molecule has 2 N–H and O–H groups in total. The highest BCUT2D eigenvalue weighted by molar-refractivity contribution is 5.98. The molecular formula is C26H21F4N7O. The molecule has 1 unspecified atom stereocenters. The molecule has 5 rings (SSSR count). The Hall–Kier alpha value is -4.61. The Labute approximate surface area is 213 Å². The summed E-state index contributed by atoms with van der Waals surface area (Å²) in [5.74, 6) is -0.912. The van der Waals surface area contributed by atoms with Crippen LogP contribution >= 0.6 is 0 Å². The van der Waals surface area contributed by atoms with Crippen molar-refractivity contribution in [2.45, 2.75) is 32.6 Å². The van der Waals surface area contributed by atoms with Gasteiger partial charge in [0, 0.05) is 36.2 Å². The number of aryl methyl sites for hydroxylation is 1. The minimum atomic E-state index is -4.52. The molecule has 0 saturated carbocycles. The Balaban J connectivity index is 1.56. The van der Waals surface area contributed by atoms with Gasteiger partial charge in [0.25, 0.3) is 5.91 Å². The molecule has 0 saturated heterocycles. The van der Waals surface area contributed by atoms with Gasteiger partial charge in [0.15, 0.2) is 0 Å². The summed E-state index contributed by atoms with van der Waals surface area (Å²) in [6.07, 6.45) is 0.828. The lowest BCUT2D eigenvalue weighted by Crippen LogP contribution is -2.34. The Morgan fingerprint density at radius 2 is 1.84 bits per heavy atom. The van der Waals surface area contributed by atoms with Crippen molar-refractivity contribution in [2.24, 2.45) is 0 Å². The summed E-state index contributed by atoms with van der Waals surface area (Å²) in [7, 11) is 0. The van der Waals surface area contributed by atoms with Crippen LogP contribution in [-0.2, 0) is 12.7 Å². The van der Waals surface area contributed by atoms with Gasteiger partial charge < -0.3 is 15.0 Å². The van der Waals surface area contributed by atoms with E-state index in [-0.39, 0.29) is 23.6 Å². The summed E-state index contributed by atoms with van der Waals surface area (Å²) in [5.41, 5.74) is 6.33. The van der Waals surface area contributed by atoms with Crippen LogP contribution in [0, 0.1) is 12.7 Å². The monoisotopic (exact) mass is 523 g/mol. The maximum Gasteiger partial charge on any atom is 0.417 e. The van der Waals surface area contributed by atoms with E-state index in [1.54, 1.807) is 26.0 Å². The Morgan fingerprint density at radius 3 is 2.55 bits per heavy atom. The van der Waals surface area contributed by atoms with Crippen LogP contribution in [0.5, 0.6) is 0 Å². The summed E-state index contributed by atoms with van der Waals surface area (Å²) in [4.78, 5) is 32.1. The van der Waals surface area contributed by atoms with Gasteiger partial charge in [0.2, 0.25) is 0 Å². The van der Waals surface area contributed by atoms with Gasteiger partial charge in [-0.05, 0) is 49.7 Å². The van der Waals surface area contributed by atoms with Crippen LogP contribution in [0.2, 0.25) is 0 Å². The minimum absolute atomic E-state index is 0.141. The third-order valence-electron chi connectivity index (χ3n) is 6.21. The second kappa shape index (κ2) is 9.36. The second-order valence-corrected chi connectivity index (χ2v) is 8.84. The predicted octanol–water partition coefficient (Wildman–Crippen LogP) is 5.12. The molecule has 38 heavy (non-hydrogen) atoms. The van der Waals surface area contributed by atoms with Gasteiger partial charge in [-0.1, -0.05) is 0 Å². The first-order valence-corrected chi connectivity index (χ1v) is 11.5. The number of amides is 1. The van der Waals surface area contributed by atoms with Crippen LogP contribution in [0.4, 0.5) is 23.4 Å². The first kappa shape index (κ1) is 25.1. The molecule has 0 aliphatic heterocycles. The maximum atomic E-state index is 15.2. The summed E-state index contributed by atoms with van der Waals surface area (Å²) in [6, 6.07) is 7.33. The lowest BCUT2D eigenvalue weighted by atomic mass is 10.1. The average Bonchev–Trinajstić information content (AvgIpc) is 3.29. The summed E-state index contributed by atoms with van der Waals surface area (Å²) in [5, 5.41) is 0.525. The van der Waals surface area contributed by atoms with Crippen LogP contribution in [0.3, 0.4) is 0 Å². The highest BCUT2D eigenvalue weighted by Gasteiger charge is 2.31. The number of nitrogen functional groups attached to an aromatic ring is 1. The Morgan fingerprint density at radius 1 is 1.11 bits per heavy atom. The van der Waals surface area contributed by atoms with Gasteiger partial charge in [-0.15, -0.1) is 0 Å². The minimum Gasteiger partial charge on any atom is -0.383 e. The van der Waals surface area contributed by atoms with Crippen LogP contribution in [0.15, 0.2) is 61.2 Å². The molecule has 0 fully saturated rings. The molecule has 1 aromatic carbocycles. The standard InChI is InChI=1S/C26H21F4N7O/c1-14-8-16-9-19(20(27)10-21(16)35-23(14)31)25(38)37(15(2)24-32-6-3-7-33-24)13-18-12-36-11-17(26(28,29)30)4-5-22(36)34-18/h3-12,15H,13H2,1-2H3,(H2,31,35). The number of pyridine rings is 2. The first-order chi connectivity index (χ1) is 18.0. The van der Waals surface area contributed by atoms with Crippen LogP contribution in [0.1, 0.15) is 46.0 Å². The number of carbonyl (C=O) groups excluding carboxylic acids is 1. The highest BCUT2D eigenvalue weighted by atomic mass is 19.4. The molecule has 0 bridgehead atoms. The fraction of sp³-hybridized carbons (Fsp3) is 0.192. The van der Waals surface area contributed by atoms with E-state index >= 15 is 4.39 Å². The lowest BCUT2D eigenvalue weighted by Gasteiger charge is -2.28. The number of imidazole rings is 1. The number of benzene rings is 1. The molecule has 0 radical (unpaired) electrons. The molecule has 4 heterocycles. The number of aromatic nitrogens is 5. The largest absolute Gasteiger partial charge is 0.417 e. The van der Waals surface area contributed by atoms with E-state index in [0.717, 1.165) is 18.3 Å². The summed E-state index contributed by atoms with van der Waals surface area (Å²) >= 11 is 0. The van der Waals surface area contributed by atoms with Crippen molar-refractivity contribution in [3.8, 4) is 0 Å². The molecule has 5 aromatic rings. The predicted molar refractivity (Wildman–Crippen MR) is 131 cm³/mol. The van der Waals surface area contributed by atoms with Gasteiger partial charge in [-0.2, -0.15) is 13.2 Å². The van der Waals surface area contributed by atoms with E-state index in [1.165, 1.54) is 40.0 Å². The SMILES string of the molecule is Cc1cc2cc(C(=O)N(Cc3cn4cc(C(F)(F)F)ccc4n3)C(C)c3ncccn3)c(F)cc2nc1N. The zero-order valence-corrected chi connectivity index (χ0v) is 20.2. The molecule has 4 aromatic heterocycles. The fourth-order valence-electron chi connectivity index (χ4n) is 4.15. The molecule has 1 atom stereocenters. The number of anilines is 1.